The molecule has 0 unspecified atom stereocenters. The number of imidazole rings is 1. The Morgan fingerprint density at radius 2 is 2.05 bits per heavy atom. The smallest absolute Gasteiger partial charge is 0.144 e. The van der Waals surface area contributed by atoms with Crippen LogP contribution in [0, 0.1) is 5.82 Å². The van der Waals surface area contributed by atoms with Crippen LogP contribution in [-0.2, 0) is 5.88 Å². The molecule has 0 spiro atoms. The van der Waals surface area contributed by atoms with Crippen molar-refractivity contribution in [2.24, 2.45) is 0 Å². The van der Waals surface area contributed by atoms with E-state index in [1.165, 1.54) is 12.1 Å². The Morgan fingerprint density at radius 1 is 1.25 bits per heavy atom. The van der Waals surface area contributed by atoms with Gasteiger partial charge < -0.3 is 0 Å². The summed E-state index contributed by atoms with van der Waals surface area (Å²) in [5.74, 6) is 0.387. The van der Waals surface area contributed by atoms with Crippen molar-refractivity contribution in [3.63, 3.8) is 0 Å². The zero-order valence-electron chi connectivity index (χ0n) is 10.1. The fraction of sp³-hybridized carbons (Fsp3) is 0.0714. The molecule has 0 saturated heterocycles. The van der Waals surface area contributed by atoms with Gasteiger partial charge in [0.1, 0.15) is 11.6 Å². The highest BCUT2D eigenvalue weighted by Gasteiger charge is 2.14. The molecule has 0 aliphatic rings. The highest BCUT2D eigenvalue weighted by atomic mass is 79.9. The van der Waals surface area contributed by atoms with E-state index in [1.54, 1.807) is 0 Å². The molecule has 1 heterocycles. The first-order chi connectivity index (χ1) is 9.60. The lowest BCUT2D eigenvalue weighted by atomic mass is 10.2. The van der Waals surface area contributed by atoms with Crippen LogP contribution in [0.3, 0.4) is 0 Å². The molecule has 20 heavy (non-hydrogen) atoms. The molecule has 0 fully saturated rings. The van der Waals surface area contributed by atoms with Gasteiger partial charge in [0, 0.05) is 16.2 Å². The normalized spacial score (nSPS) is 11.2. The standard InChI is InChI=1S/C14H8BrCl2FN2/c15-8-2-1-3-9(4-8)20-13-6-11(18)10(17)5-12(13)19-14(20)7-16/h1-6H,7H2. The Labute approximate surface area is 133 Å². The number of nitrogens with zero attached hydrogens (tertiary/aromatic N) is 2. The van der Waals surface area contributed by atoms with Crippen molar-refractivity contribution >= 4 is 50.2 Å². The van der Waals surface area contributed by atoms with E-state index in [0.29, 0.717) is 16.9 Å². The fourth-order valence-electron chi connectivity index (χ4n) is 2.12. The van der Waals surface area contributed by atoms with Crippen molar-refractivity contribution < 1.29 is 4.39 Å². The second kappa shape index (κ2) is 5.35. The Kier molecular flexibility index (Phi) is 3.71. The van der Waals surface area contributed by atoms with Gasteiger partial charge in [-0.05, 0) is 24.3 Å². The third-order valence-electron chi connectivity index (χ3n) is 2.95. The molecule has 1 aromatic heterocycles. The summed E-state index contributed by atoms with van der Waals surface area (Å²) in [4.78, 5) is 4.40. The van der Waals surface area contributed by atoms with Gasteiger partial charge in [-0.3, -0.25) is 4.57 Å². The highest BCUT2D eigenvalue weighted by molar-refractivity contribution is 9.10. The van der Waals surface area contributed by atoms with Gasteiger partial charge in [-0.15, -0.1) is 11.6 Å². The predicted octanol–water partition coefficient (Wildman–Crippen LogP) is 5.32. The van der Waals surface area contributed by atoms with Gasteiger partial charge in [-0.2, -0.15) is 0 Å². The van der Waals surface area contributed by atoms with E-state index in [9.17, 15) is 4.39 Å². The summed E-state index contributed by atoms with van der Waals surface area (Å²) < 4.78 is 16.5. The van der Waals surface area contributed by atoms with Gasteiger partial charge in [0.25, 0.3) is 0 Å². The molecule has 0 amide bonds. The highest BCUT2D eigenvalue weighted by Crippen LogP contribution is 2.28. The molecule has 2 nitrogen and oxygen atoms in total. The summed E-state index contributed by atoms with van der Waals surface area (Å²) in [6.07, 6.45) is 0. The van der Waals surface area contributed by atoms with Crippen molar-refractivity contribution in [2.75, 3.05) is 0 Å². The van der Waals surface area contributed by atoms with Crippen LogP contribution < -0.4 is 0 Å². The van der Waals surface area contributed by atoms with Crippen LogP contribution in [0.1, 0.15) is 5.82 Å². The van der Waals surface area contributed by atoms with Crippen molar-refractivity contribution in [2.45, 2.75) is 5.88 Å². The summed E-state index contributed by atoms with van der Waals surface area (Å²) in [5.41, 5.74) is 2.12. The van der Waals surface area contributed by atoms with E-state index in [-0.39, 0.29) is 10.9 Å². The Morgan fingerprint density at radius 3 is 2.75 bits per heavy atom. The second-order valence-corrected chi connectivity index (χ2v) is 5.82. The van der Waals surface area contributed by atoms with Gasteiger partial charge in [0.2, 0.25) is 0 Å². The number of fused-ring (bicyclic) bond motifs is 1. The summed E-state index contributed by atoms with van der Waals surface area (Å²) in [7, 11) is 0. The van der Waals surface area contributed by atoms with E-state index < -0.39 is 5.82 Å². The lowest BCUT2D eigenvalue weighted by Crippen LogP contribution is -1.99. The predicted molar refractivity (Wildman–Crippen MR) is 83.3 cm³/mol. The molecule has 6 heteroatoms. The number of rotatable bonds is 2. The second-order valence-electron chi connectivity index (χ2n) is 4.23. The zero-order valence-corrected chi connectivity index (χ0v) is 13.2. The molecule has 102 valence electrons. The molecule has 3 aromatic rings. The first-order valence-corrected chi connectivity index (χ1v) is 7.49. The maximum atomic E-state index is 13.7. The number of aromatic nitrogens is 2. The van der Waals surface area contributed by atoms with Gasteiger partial charge in [0.15, 0.2) is 0 Å². The molecule has 0 radical (unpaired) electrons. The number of benzene rings is 2. The average molecular weight is 374 g/mol. The molecule has 0 bridgehead atoms. The van der Waals surface area contributed by atoms with E-state index >= 15 is 0 Å². The van der Waals surface area contributed by atoms with Crippen LogP contribution in [0.2, 0.25) is 5.02 Å². The summed E-state index contributed by atoms with van der Waals surface area (Å²) in [5, 5.41) is 0.0533. The van der Waals surface area contributed by atoms with Crippen LogP contribution in [0.5, 0.6) is 0 Å². The van der Waals surface area contributed by atoms with Crippen molar-refractivity contribution in [3.05, 3.63) is 57.5 Å². The molecule has 0 saturated carbocycles. The zero-order chi connectivity index (χ0) is 14.3. The van der Waals surface area contributed by atoms with E-state index in [2.05, 4.69) is 20.9 Å². The van der Waals surface area contributed by atoms with E-state index in [4.69, 9.17) is 23.2 Å². The molecule has 2 aromatic carbocycles. The Balaban J connectivity index is 2.35. The van der Waals surface area contributed by atoms with E-state index in [1.807, 2.05) is 28.8 Å². The summed E-state index contributed by atoms with van der Waals surface area (Å²) in [6, 6.07) is 10.5. The molecule has 0 aliphatic heterocycles. The Bertz CT molecular complexity index is 801. The van der Waals surface area contributed by atoms with Crippen LogP contribution in [0.25, 0.3) is 16.7 Å². The Hall–Kier alpha value is -1.10. The minimum Gasteiger partial charge on any atom is -0.295 e. The molecule has 3 rings (SSSR count). The van der Waals surface area contributed by atoms with Crippen molar-refractivity contribution in [1.29, 1.82) is 0 Å². The SMILES string of the molecule is Fc1cc2c(cc1Cl)nc(CCl)n2-c1cccc(Br)c1. The third-order valence-corrected chi connectivity index (χ3v) is 3.97. The van der Waals surface area contributed by atoms with E-state index in [0.717, 1.165) is 10.2 Å². The minimum atomic E-state index is -0.476. The largest absolute Gasteiger partial charge is 0.295 e. The lowest BCUT2D eigenvalue weighted by molar-refractivity contribution is 0.629. The topological polar surface area (TPSA) is 17.8 Å². The van der Waals surface area contributed by atoms with Gasteiger partial charge in [0.05, 0.1) is 21.9 Å². The van der Waals surface area contributed by atoms with Crippen LogP contribution in [0.4, 0.5) is 4.39 Å². The fourth-order valence-corrected chi connectivity index (χ4v) is 2.84. The maximum absolute atomic E-state index is 13.7. The molecule has 0 N–H and O–H groups in total. The van der Waals surface area contributed by atoms with Crippen molar-refractivity contribution in [3.8, 4) is 5.69 Å². The van der Waals surface area contributed by atoms with Crippen LogP contribution in [-0.4, -0.2) is 9.55 Å². The monoisotopic (exact) mass is 372 g/mol. The number of alkyl halides is 1. The summed E-state index contributed by atoms with van der Waals surface area (Å²) in [6.45, 7) is 0. The number of halogens is 4. The van der Waals surface area contributed by atoms with Gasteiger partial charge in [-0.1, -0.05) is 33.6 Å². The van der Waals surface area contributed by atoms with Crippen LogP contribution >= 0.6 is 39.1 Å². The van der Waals surface area contributed by atoms with Crippen LogP contribution in [0.15, 0.2) is 40.9 Å². The minimum absolute atomic E-state index is 0.0533. The van der Waals surface area contributed by atoms with Gasteiger partial charge >= 0.3 is 0 Å². The average Bonchev–Trinajstić information content (AvgIpc) is 2.77. The first-order valence-electron chi connectivity index (χ1n) is 5.78. The number of hydrogen-bond donors (Lipinski definition) is 0. The lowest BCUT2D eigenvalue weighted by Gasteiger charge is -2.08. The quantitative estimate of drug-likeness (QED) is 0.556. The third kappa shape index (κ3) is 2.32. The first kappa shape index (κ1) is 13.9. The number of hydrogen-bond acceptors (Lipinski definition) is 1. The molecule has 0 aliphatic carbocycles. The van der Waals surface area contributed by atoms with Gasteiger partial charge in [-0.25, -0.2) is 9.37 Å². The molecular weight excluding hydrogens is 366 g/mol. The summed E-state index contributed by atoms with van der Waals surface area (Å²) >= 11 is 15.2. The maximum Gasteiger partial charge on any atom is 0.144 e. The van der Waals surface area contributed by atoms with Crippen molar-refractivity contribution in [1.82, 2.24) is 9.55 Å². The molecule has 0 atom stereocenters. The molecular formula is C14H8BrCl2FN2.